The molecule has 2 heterocycles. The van der Waals surface area contributed by atoms with Crippen molar-refractivity contribution in [1.82, 2.24) is 9.97 Å². The van der Waals surface area contributed by atoms with Gasteiger partial charge >= 0.3 is 0 Å². The first-order valence-electron chi connectivity index (χ1n) is 13.9. The summed E-state index contributed by atoms with van der Waals surface area (Å²) in [5, 5.41) is 12.6. The second kappa shape index (κ2) is 15.8. The summed E-state index contributed by atoms with van der Waals surface area (Å²) in [4.78, 5) is 13.5. The van der Waals surface area contributed by atoms with Gasteiger partial charge in [-0.25, -0.2) is 23.7 Å². The van der Waals surface area contributed by atoms with Crippen LogP contribution in [-0.2, 0) is 11.3 Å². The normalized spacial score (nSPS) is 12.2. The van der Waals surface area contributed by atoms with Crippen LogP contribution in [0.15, 0.2) is 47.6 Å². The number of unbranched alkanes of at least 4 members (excludes halogenated alkanes) is 4. The average Bonchev–Trinajstić information content (AvgIpc) is 2.96. The number of nitrogens with one attached hydrogen (secondary N) is 1. The molecule has 0 amide bonds. The second-order valence-corrected chi connectivity index (χ2v) is 10.1. The zero-order valence-electron chi connectivity index (χ0n) is 24.0. The minimum absolute atomic E-state index is 0.0339. The summed E-state index contributed by atoms with van der Waals surface area (Å²) in [5.41, 5.74) is 2.65. The lowest BCUT2D eigenvalue weighted by molar-refractivity contribution is 0.290. The Morgan fingerprint density at radius 1 is 1.12 bits per heavy atom. The summed E-state index contributed by atoms with van der Waals surface area (Å²) < 4.78 is 35.7. The molecule has 216 valence electrons. The number of aromatic nitrogens is 2. The average molecular weight is 580 g/mol. The minimum atomic E-state index is -0.564. The minimum Gasteiger partial charge on any atom is -0.481 e. The van der Waals surface area contributed by atoms with E-state index in [1.165, 1.54) is 24.3 Å². The third-order valence-corrected chi connectivity index (χ3v) is 6.83. The standard InChI is InChI=1S/C32H36ClF2N5O/c1-5-7-9-11-15-41-22(4)37-19-24(12-10-8-6-2)30-27(35)17-28-31(40-30)32(29(33)21(3)39-28)38-20-25-16-23(18-36)13-14-26(25)34/h10,12-14,16-17,19H,5-9,11,15,20H2,1-4H3,(H,38,39)/b12-10+,24-19+,37-22?. The maximum absolute atomic E-state index is 15.5. The van der Waals surface area contributed by atoms with Crippen molar-refractivity contribution < 1.29 is 13.5 Å². The number of nitriles is 1. The van der Waals surface area contributed by atoms with E-state index in [1.54, 1.807) is 26.1 Å². The summed E-state index contributed by atoms with van der Waals surface area (Å²) in [5.74, 6) is -0.547. The molecule has 3 aromatic rings. The molecule has 1 aromatic carbocycles. The number of hydrogen-bond acceptors (Lipinski definition) is 6. The first-order valence-corrected chi connectivity index (χ1v) is 14.3. The SMILES string of the molecule is CCC/C=C/C(=C\N=C(C)OCCCCCC)c1nc2c(NCc3cc(C#N)ccc3F)c(Cl)c(C)nc2cc1F. The molecule has 3 rings (SSSR count). The molecule has 6 nitrogen and oxygen atoms in total. The molecule has 0 spiro atoms. The van der Waals surface area contributed by atoms with Gasteiger partial charge in [0, 0.05) is 36.9 Å². The van der Waals surface area contributed by atoms with E-state index < -0.39 is 11.6 Å². The molecule has 1 N–H and O–H groups in total. The van der Waals surface area contributed by atoms with Gasteiger partial charge in [-0.2, -0.15) is 5.26 Å². The Kier molecular flexibility index (Phi) is 12.2. The van der Waals surface area contributed by atoms with Crippen molar-refractivity contribution in [2.24, 2.45) is 4.99 Å². The summed E-state index contributed by atoms with van der Waals surface area (Å²) in [6, 6.07) is 7.45. The number of benzene rings is 1. The quantitative estimate of drug-likeness (QED) is 0.0945. The van der Waals surface area contributed by atoms with E-state index in [2.05, 4.69) is 34.1 Å². The van der Waals surface area contributed by atoms with Gasteiger partial charge in [-0.1, -0.05) is 63.3 Å². The molecule has 9 heteroatoms. The fraction of sp³-hybridized carbons (Fsp3) is 0.375. The van der Waals surface area contributed by atoms with Crippen LogP contribution in [-0.4, -0.2) is 22.5 Å². The number of aryl methyl sites for hydroxylation is 1. The molecule has 0 aliphatic carbocycles. The Balaban J connectivity index is 2.02. The summed E-state index contributed by atoms with van der Waals surface area (Å²) in [7, 11) is 0. The van der Waals surface area contributed by atoms with E-state index >= 15 is 4.39 Å². The van der Waals surface area contributed by atoms with Crippen molar-refractivity contribution in [3.05, 3.63) is 81.8 Å². The molecule has 0 aliphatic heterocycles. The number of pyridine rings is 2. The van der Waals surface area contributed by atoms with Crippen LogP contribution in [0.4, 0.5) is 14.5 Å². The second-order valence-electron chi connectivity index (χ2n) is 9.68. The van der Waals surface area contributed by atoms with Gasteiger partial charge in [-0.05, 0) is 38.0 Å². The fourth-order valence-electron chi connectivity index (χ4n) is 4.10. The van der Waals surface area contributed by atoms with Gasteiger partial charge in [-0.15, -0.1) is 0 Å². The highest BCUT2D eigenvalue weighted by Gasteiger charge is 2.18. The Hall–Kier alpha value is -3.83. The van der Waals surface area contributed by atoms with Crippen LogP contribution in [0.1, 0.15) is 81.8 Å². The molecule has 2 aromatic heterocycles. The van der Waals surface area contributed by atoms with Gasteiger partial charge in [0.05, 0.1) is 40.2 Å². The number of allylic oxidation sites excluding steroid dienone is 3. The van der Waals surface area contributed by atoms with Crippen molar-refractivity contribution in [3.8, 4) is 6.07 Å². The number of rotatable bonds is 13. The van der Waals surface area contributed by atoms with Crippen molar-refractivity contribution in [3.63, 3.8) is 0 Å². The Bertz CT molecular complexity index is 1490. The predicted octanol–water partition coefficient (Wildman–Crippen LogP) is 9.07. The first kappa shape index (κ1) is 31.7. The fourth-order valence-corrected chi connectivity index (χ4v) is 4.30. The van der Waals surface area contributed by atoms with Crippen LogP contribution in [0.2, 0.25) is 5.02 Å². The van der Waals surface area contributed by atoms with Gasteiger partial charge in [0.15, 0.2) is 11.7 Å². The van der Waals surface area contributed by atoms with E-state index in [9.17, 15) is 9.65 Å². The van der Waals surface area contributed by atoms with E-state index in [0.717, 1.165) is 38.5 Å². The van der Waals surface area contributed by atoms with Crippen LogP contribution in [0.3, 0.4) is 0 Å². The molecule has 0 saturated heterocycles. The number of nitrogens with zero attached hydrogens (tertiary/aromatic N) is 4. The van der Waals surface area contributed by atoms with E-state index in [-0.39, 0.29) is 22.8 Å². The zero-order valence-corrected chi connectivity index (χ0v) is 24.8. The van der Waals surface area contributed by atoms with Gasteiger partial charge in [0.25, 0.3) is 0 Å². The lowest BCUT2D eigenvalue weighted by atomic mass is 10.1. The number of anilines is 1. The van der Waals surface area contributed by atoms with Gasteiger partial charge in [0.2, 0.25) is 0 Å². The molecule has 0 aliphatic rings. The monoisotopic (exact) mass is 579 g/mol. The highest BCUT2D eigenvalue weighted by atomic mass is 35.5. The highest BCUT2D eigenvalue weighted by molar-refractivity contribution is 6.35. The smallest absolute Gasteiger partial charge is 0.184 e. The lowest BCUT2D eigenvalue weighted by Gasteiger charge is -2.15. The largest absolute Gasteiger partial charge is 0.481 e. The van der Waals surface area contributed by atoms with Crippen LogP contribution in [0, 0.1) is 29.9 Å². The molecule has 0 atom stereocenters. The van der Waals surface area contributed by atoms with Crippen molar-refractivity contribution in [1.29, 1.82) is 5.26 Å². The lowest BCUT2D eigenvalue weighted by Crippen LogP contribution is -2.07. The molecule has 0 saturated carbocycles. The number of halogens is 3. The van der Waals surface area contributed by atoms with Crippen molar-refractivity contribution in [2.75, 3.05) is 11.9 Å². The molecular weight excluding hydrogens is 544 g/mol. The predicted molar refractivity (Wildman–Crippen MR) is 163 cm³/mol. The number of fused-ring (bicyclic) bond motifs is 1. The summed E-state index contributed by atoms with van der Waals surface area (Å²) in [6.45, 7) is 8.29. The van der Waals surface area contributed by atoms with E-state index in [1.807, 2.05) is 12.1 Å². The Morgan fingerprint density at radius 3 is 2.66 bits per heavy atom. The molecule has 0 fully saturated rings. The van der Waals surface area contributed by atoms with Crippen LogP contribution >= 0.6 is 11.6 Å². The zero-order chi connectivity index (χ0) is 29.8. The summed E-state index contributed by atoms with van der Waals surface area (Å²) in [6.07, 6.45) is 11.4. The molecule has 0 radical (unpaired) electrons. The third-order valence-electron chi connectivity index (χ3n) is 6.37. The van der Waals surface area contributed by atoms with E-state index in [4.69, 9.17) is 16.3 Å². The Morgan fingerprint density at radius 2 is 1.93 bits per heavy atom. The number of aliphatic imine (C=N–C) groups is 1. The van der Waals surface area contributed by atoms with Crippen molar-refractivity contribution in [2.45, 2.75) is 72.8 Å². The highest BCUT2D eigenvalue weighted by Crippen LogP contribution is 2.34. The molecular formula is C32H36ClF2N5O. The maximum atomic E-state index is 15.5. The van der Waals surface area contributed by atoms with Crippen LogP contribution < -0.4 is 5.32 Å². The third kappa shape index (κ3) is 8.83. The van der Waals surface area contributed by atoms with Crippen LogP contribution in [0.5, 0.6) is 0 Å². The van der Waals surface area contributed by atoms with Gasteiger partial charge < -0.3 is 10.1 Å². The number of ether oxygens (including phenoxy) is 1. The molecule has 0 unspecified atom stereocenters. The van der Waals surface area contributed by atoms with Crippen molar-refractivity contribution >= 4 is 39.8 Å². The first-order chi connectivity index (χ1) is 19.8. The molecule has 41 heavy (non-hydrogen) atoms. The number of hydrogen-bond donors (Lipinski definition) is 1. The van der Waals surface area contributed by atoms with Gasteiger partial charge in [-0.3, -0.25) is 0 Å². The van der Waals surface area contributed by atoms with Crippen LogP contribution in [0.25, 0.3) is 16.6 Å². The van der Waals surface area contributed by atoms with Gasteiger partial charge in [0.1, 0.15) is 17.0 Å². The topological polar surface area (TPSA) is 83.2 Å². The molecule has 0 bridgehead atoms. The Labute approximate surface area is 245 Å². The van der Waals surface area contributed by atoms with E-state index in [0.29, 0.717) is 46.1 Å². The maximum Gasteiger partial charge on any atom is 0.184 e. The summed E-state index contributed by atoms with van der Waals surface area (Å²) >= 11 is 6.62.